The van der Waals surface area contributed by atoms with Gasteiger partial charge >= 0.3 is 6.18 Å². The maximum atomic E-state index is 12.9. The Kier molecular flexibility index (Phi) is 5.76. The largest absolute Gasteiger partial charge is 0.433 e. The molecule has 7 nitrogen and oxygen atoms in total. The molecule has 3 heterocycles. The second-order valence-corrected chi connectivity index (χ2v) is 7.28. The first kappa shape index (κ1) is 21.3. The van der Waals surface area contributed by atoms with Gasteiger partial charge in [0.2, 0.25) is 5.95 Å². The van der Waals surface area contributed by atoms with E-state index in [1.54, 1.807) is 17.1 Å². The van der Waals surface area contributed by atoms with E-state index < -0.39 is 11.9 Å². The number of nitrogens with one attached hydrogen (secondary N) is 2. The van der Waals surface area contributed by atoms with Crippen molar-refractivity contribution in [2.24, 2.45) is 7.05 Å². The van der Waals surface area contributed by atoms with E-state index in [1.807, 2.05) is 50.5 Å². The maximum absolute atomic E-state index is 12.9. The molecule has 0 aliphatic carbocycles. The molecule has 0 aliphatic rings. The molecule has 0 radical (unpaired) electrons. The minimum atomic E-state index is -4.53. The van der Waals surface area contributed by atoms with Crippen molar-refractivity contribution in [2.75, 3.05) is 10.6 Å². The SMILES string of the molecule is Cc1cc(Nc2nccc(C(F)(F)F)n2)cc(-c2ccc(NCc3cnn(C)c3)nc2)c1. The standard InChI is InChI=1S/C22H20F3N7/c1-14-7-17(9-18(8-14)30-21-26-6-5-19(31-21)22(23,24)25)16-3-4-20(28-12-16)27-10-15-11-29-32(2)13-15/h3-9,11-13H,10H2,1-2H3,(H,27,28)(H,26,30,31). The smallest absolute Gasteiger partial charge is 0.366 e. The summed E-state index contributed by atoms with van der Waals surface area (Å²) in [4.78, 5) is 11.9. The third kappa shape index (κ3) is 5.20. The van der Waals surface area contributed by atoms with Gasteiger partial charge in [-0.1, -0.05) is 6.07 Å². The van der Waals surface area contributed by atoms with Crippen LogP contribution in [0.5, 0.6) is 0 Å². The Bertz CT molecular complexity index is 1220. The summed E-state index contributed by atoms with van der Waals surface area (Å²) >= 11 is 0. The van der Waals surface area contributed by atoms with Crippen LogP contribution in [-0.2, 0) is 19.8 Å². The number of nitrogens with zero attached hydrogens (tertiary/aromatic N) is 5. The Morgan fingerprint density at radius 3 is 2.53 bits per heavy atom. The fraction of sp³-hybridized carbons (Fsp3) is 0.182. The molecule has 0 spiro atoms. The van der Waals surface area contributed by atoms with Crippen LogP contribution in [0, 0.1) is 6.92 Å². The third-order valence-electron chi connectivity index (χ3n) is 4.61. The van der Waals surface area contributed by atoms with Crippen molar-refractivity contribution in [1.29, 1.82) is 0 Å². The van der Waals surface area contributed by atoms with E-state index in [4.69, 9.17) is 0 Å². The number of halogens is 3. The lowest BCUT2D eigenvalue weighted by Crippen LogP contribution is -2.10. The number of benzene rings is 1. The lowest BCUT2D eigenvalue weighted by molar-refractivity contribution is -0.141. The molecule has 164 valence electrons. The van der Waals surface area contributed by atoms with Crippen LogP contribution in [0.25, 0.3) is 11.1 Å². The van der Waals surface area contributed by atoms with Crippen LogP contribution in [0.4, 0.5) is 30.6 Å². The average molecular weight is 439 g/mol. The molecule has 4 aromatic rings. The van der Waals surface area contributed by atoms with Gasteiger partial charge in [-0.05, 0) is 48.4 Å². The van der Waals surface area contributed by atoms with E-state index in [2.05, 4.69) is 30.7 Å². The van der Waals surface area contributed by atoms with E-state index in [9.17, 15) is 13.2 Å². The molecular weight excluding hydrogens is 419 g/mol. The summed E-state index contributed by atoms with van der Waals surface area (Å²) in [5.41, 5.74) is 3.29. The number of hydrogen-bond acceptors (Lipinski definition) is 6. The fourth-order valence-electron chi connectivity index (χ4n) is 3.15. The van der Waals surface area contributed by atoms with Crippen molar-refractivity contribution in [3.8, 4) is 11.1 Å². The molecule has 4 rings (SSSR count). The first-order valence-electron chi connectivity index (χ1n) is 9.73. The number of aromatic nitrogens is 5. The van der Waals surface area contributed by atoms with Gasteiger partial charge in [0.05, 0.1) is 6.20 Å². The Balaban J connectivity index is 1.50. The Morgan fingerprint density at radius 2 is 1.84 bits per heavy atom. The Morgan fingerprint density at radius 1 is 1.00 bits per heavy atom. The lowest BCUT2D eigenvalue weighted by atomic mass is 10.0. The van der Waals surface area contributed by atoms with Gasteiger partial charge in [0, 0.05) is 49.0 Å². The van der Waals surface area contributed by atoms with Crippen LogP contribution in [0.2, 0.25) is 0 Å². The van der Waals surface area contributed by atoms with Gasteiger partial charge in [-0.25, -0.2) is 15.0 Å². The zero-order chi connectivity index (χ0) is 22.7. The fourth-order valence-corrected chi connectivity index (χ4v) is 3.15. The number of alkyl halides is 3. The van der Waals surface area contributed by atoms with Crippen LogP contribution >= 0.6 is 0 Å². The zero-order valence-electron chi connectivity index (χ0n) is 17.4. The van der Waals surface area contributed by atoms with Gasteiger partial charge in [0.15, 0.2) is 0 Å². The molecule has 0 bridgehead atoms. The van der Waals surface area contributed by atoms with Gasteiger partial charge in [-0.2, -0.15) is 18.3 Å². The minimum Gasteiger partial charge on any atom is -0.366 e. The summed E-state index contributed by atoms with van der Waals surface area (Å²) in [6.07, 6.45) is 2.00. The highest BCUT2D eigenvalue weighted by Gasteiger charge is 2.32. The predicted molar refractivity (Wildman–Crippen MR) is 115 cm³/mol. The number of aryl methyl sites for hydroxylation is 2. The minimum absolute atomic E-state index is 0.121. The zero-order valence-corrected chi connectivity index (χ0v) is 17.4. The summed E-state index contributed by atoms with van der Waals surface area (Å²) in [7, 11) is 1.86. The van der Waals surface area contributed by atoms with Crippen molar-refractivity contribution in [3.05, 3.63) is 78.0 Å². The van der Waals surface area contributed by atoms with Crippen LogP contribution in [-0.4, -0.2) is 24.7 Å². The van der Waals surface area contributed by atoms with E-state index in [0.29, 0.717) is 12.2 Å². The number of rotatable bonds is 6. The van der Waals surface area contributed by atoms with Crippen LogP contribution in [0.3, 0.4) is 0 Å². The molecular formula is C22H20F3N7. The monoisotopic (exact) mass is 439 g/mol. The van der Waals surface area contributed by atoms with E-state index in [0.717, 1.165) is 40.3 Å². The molecule has 0 aliphatic heterocycles. The topological polar surface area (TPSA) is 80.5 Å². The first-order valence-corrected chi connectivity index (χ1v) is 9.73. The van der Waals surface area contributed by atoms with E-state index in [-0.39, 0.29) is 5.95 Å². The summed E-state index contributed by atoms with van der Waals surface area (Å²) in [5.74, 6) is 0.602. The molecule has 0 fully saturated rings. The van der Waals surface area contributed by atoms with Gasteiger partial charge in [-0.3, -0.25) is 4.68 Å². The van der Waals surface area contributed by atoms with Crippen LogP contribution in [0.1, 0.15) is 16.8 Å². The second kappa shape index (κ2) is 8.66. The number of pyridine rings is 1. The first-order chi connectivity index (χ1) is 15.3. The number of hydrogen-bond donors (Lipinski definition) is 2. The van der Waals surface area contributed by atoms with Crippen molar-refractivity contribution in [1.82, 2.24) is 24.7 Å². The molecule has 3 aromatic heterocycles. The molecule has 0 saturated carbocycles. The normalized spacial score (nSPS) is 11.4. The molecule has 10 heteroatoms. The molecule has 2 N–H and O–H groups in total. The van der Waals surface area contributed by atoms with Crippen LogP contribution < -0.4 is 10.6 Å². The molecule has 0 amide bonds. The summed E-state index contributed by atoms with van der Waals surface area (Å²) < 4.78 is 40.5. The number of anilines is 3. The summed E-state index contributed by atoms with van der Waals surface area (Å²) in [6.45, 7) is 2.51. The quantitative estimate of drug-likeness (QED) is 0.442. The van der Waals surface area contributed by atoms with Crippen LogP contribution in [0.15, 0.2) is 61.2 Å². The van der Waals surface area contributed by atoms with E-state index in [1.165, 1.54) is 0 Å². The highest BCUT2D eigenvalue weighted by Crippen LogP contribution is 2.29. The highest BCUT2D eigenvalue weighted by atomic mass is 19.4. The molecule has 1 aromatic carbocycles. The average Bonchev–Trinajstić information content (AvgIpc) is 3.17. The third-order valence-corrected chi connectivity index (χ3v) is 4.61. The van der Waals surface area contributed by atoms with Gasteiger partial charge in [0.25, 0.3) is 0 Å². The van der Waals surface area contributed by atoms with Crippen molar-refractivity contribution in [2.45, 2.75) is 19.6 Å². The highest BCUT2D eigenvalue weighted by molar-refractivity contribution is 5.71. The van der Waals surface area contributed by atoms with Crippen molar-refractivity contribution >= 4 is 17.5 Å². The summed E-state index contributed by atoms with van der Waals surface area (Å²) in [6, 6.07) is 10.2. The molecule has 32 heavy (non-hydrogen) atoms. The van der Waals surface area contributed by atoms with Gasteiger partial charge in [-0.15, -0.1) is 0 Å². The molecule has 0 unspecified atom stereocenters. The van der Waals surface area contributed by atoms with Crippen molar-refractivity contribution in [3.63, 3.8) is 0 Å². The maximum Gasteiger partial charge on any atom is 0.433 e. The van der Waals surface area contributed by atoms with Gasteiger partial charge < -0.3 is 10.6 Å². The lowest BCUT2D eigenvalue weighted by Gasteiger charge is -2.11. The second-order valence-electron chi connectivity index (χ2n) is 7.28. The van der Waals surface area contributed by atoms with E-state index >= 15 is 0 Å². The van der Waals surface area contributed by atoms with Crippen molar-refractivity contribution < 1.29 is 13.2 Å². The molecule has 0 saturated heterocycles. The Labute approximate surface area is 182 Å². The Hall–Kier alpha value is -3.95. The van der Waals surface area contributed by atoms with Gasteiger partial charge in [0.1, 0.15) is 11.5 Å². The predicted octanol–water partition coefficient (Wildman–Crippen LogP) is 4.96. The summed E-state index contributed by atoms with van der Waals surface area (Å²) in [5, 5.41) is 10.2. The molecule has 0 atom stereocenters.